The van der Waals surface area contributed by atoms with E-state index in [0.717, 1.165) is 23.4 Å². The van der Waals surface area contributed by atoms with Crippen LogP contribution in [0.1, 0.15) is 30.4 Å². The third-order valence-electron chi connectivity index (χ3n) is 2.80. The molecule has 1 heterocycles. The highest BCUT2D eigenvalue weighted by Gasteiger charge is 2.12. The summed E-state index contributed by atoms with van der Waals surface area (Å²) in [6.45, 7) is 5.52. The maximum Gasteiger partial charge on any atom is 0.321 e. The molecular formula is C14H21N3O5S. The van der Waals surface area contributed by atoms with Crippen molar-refractivity contribution in [1.82, 2.24) is 15.8 Å². The molecule has 0 saturated carbocycles. The van der Waals surface area contributed by atoms with Crippen LogP contribution in [0.4, 0.5) is 4.79 Å². The van der Waals surface area contributed by atoms with Gasteiger partial charge in [-0.15, -0.1) is 11.8 Å². The van der Waals surface area contributed by atoms with Crippen LogP contribution >= 0.6 is 11.8 Å². The van der Waals surface area contributed by atoms with Crippen molar-refractivity contribution in [3.05, 3.63) is 17.0 Å². The molecule has 1 aromatic heterocycles. The van der Waals surface area contributed by atoms with Crippen LogP contribution in [-0.2, 0) is 20.1 Å². The summed E-state index contributed by atoms with van der Waals surface area (Å²) in [6, 6.07) is -0.597. The molecule has 1 rings (SSSR count). The van der Waals surface area contributed by atoms with E-state index < -0.39 is 24.5 Å². The van der Waals surface area contributed by atoms with Gasteiger partial charge in [-0.1, -0.05) is 12.1 Å². The van der Waals surface area contributed by atoms with Crippen molar-refractivity contribution in [2.45, 2.75) is 32.9 Å². The van der Waals surface area contributed by atoms with Gasteiger partial charge < -0.3 is 14.6 Å². The molecule has 1 aromatic rings. The number of esters is 1. The Kier molecular flexibility index (Phi) is 8.17. The van der Waals surface area contributed by atoms with Crippen LogP contribution in [0.25, 0.3) is 0 Å². The van der Waals surface area contributed by atoms with Gasteiger partial charge in [0.05, 0.1) is 11.4 Å². The molecule has 0 radical (unpaired) electrons. The number of hydrogen-bond donors (Lipinski definition) is 2. The molecule has 2 N–H and O–H groups in total. The van der Waals surface area contributed by atoms with Crippen LogP contribution in [-0.4, -0.2) is 42.0 Å². The average Bonchev–Trinajstić information content (AvgIpc) is 2.82. The van der Waals surface area contributed by atoms with E-state index >= 15 is 0 Å². The fourth-order valence-corrected chi connectivity index (χ4v) is 2.55. The Morgan fingerprint density at radius 1 is 1.30 bits per heavy atom. The number of hydrogen-bond acceptors (Lipinski definition) is 7. The number of ether oxygens (including phenoxy) is 1. The minimum Gasteiger partial charge on any atom is -0.455 e. The monoisotopic (exact) mass is 343 g/mol. The highest BCUT2D eigenvalue weighted by Crippen LogP contribution is 2.19. The van der Waals surface area contributed by atoms with E-state index in [0.29, 0.717) is 12.3 Å². The molecule has 0 aromatic carbocycles. The molecule has 0 atom stereocenters. The van der Waals surface area contributed by atoms with E-state index in [1.807, 2.05) is 20.8 Å². The van der Waals surface area contributed by atoms with Crippen LogP contribution in [0, 0.1) is 13.8 Å². The minimum absolute atomic E-state index is 0.0966. The molecule has 0 spiro atoms. The summed E-state index contributed by atoms with van der Waals surface area (Å²) in [4.78, 5) is 34.2. The number of carbonyl (C=O) groups excluding carboxylic acids is 3. The summed E-state index contributed by atoms with van der Waals surface area (Å²) in [5.74, 6) is 0.204. The van der Waals surface area contributed by atoms with Gasteiger partial charge in [0.2, 0.25) is 0 Å². The van der Waals surface area contributed by atoms with Gasteiger partial charge in [0, 0.05) is 17.9 Å². The summed E-state index contributed by atoms with van der Waals surface area (Å²) >= 11 is 1.34. The Morgan fingerprint density at radius 2 is 2.04 bits per heavy atom. The largest absolute Gasteiger partial charge is 0.455 e. The van der Waals surface area contributed by atoms with Gasteiger partial charge >= 0.3 is 12.0 Å². The molecule has 128 valence electrons. The van der Waals surface area contributed by atoms with Crippen molar-refractivity contribution in [2.24, 2.45) is 0 Å². The first-order valence-corrected chi connectivity index (χ1v) is 8.32. The highest BCUT2D eigenvalue weighted by molar-refractivity contribution is 7.99. The lowest BCUT2D eigenvalue weighted by atomic mass is 10.2. The third kappa shape index (κ3) is 7.18. The van der Waals surface area contributed by atoms with Crippen LogP contribution in [0.3, 0.4) is 0 Å². The molecule has 0 unspecified atom stereocenters. The molecule has 0 aliphatic heterocycles. The number of aromatic nitrogens is 1. The first-order valence-electron chi connectivity index (χ1n) is 7.16. The van der Waals surface area contributed by atoms with Crippen LogP contribution < -0.4 is 10.6 Å². The zero-order valence-electron chi connectivity index (χ0n) is 13.4. The second kappa shape index (κ2) is 9.88. The summed E-state index contributed by atoms with van der Waals surface area (Å²) in [6.07, 6.45) is 0.763. The second-order valence-electron chi connectivity index (χ2n) is 4.76. The fraction of sp³-hybridized carbons (Fsp3) is 0.571. The predicted molar refractivity (Wildman–Crippen MR) is 84.9 cm³/mol. The lowest BCUT2D eigenvalue weighted by Crippen LogP contribution is -2.41. The second-order valence-corrected chi connectivity index (χ2v) is 5.75. The zero-order valence-corrected chi connectivity index (χ0v) is 14.2. The summed E-state index contributed by atoms with van der Waals surface area (Å²) in [5, 5.41) is 8.38. The molecule has 9 heteroatoms. The van der Waals surface area contributed by atoms with Crippen molar-refractivity contribution in [2.75, 3.05) is 18.9 Å². The van der Waals surface area contributed by atoms with Crippen LogP contribution in [0.5, 0.6) is 0 Å². The van der Waals surface area contributed by atoms with Gasteiger partial charge in [0.25, 0.3) is 5.91 Å². The summed E-state index contributed by atoms with van der Waals surface area (Å²) in [7, 11) is 0. The van der Waals surface area contributed by atoms with Gasteiger partial charge in [-0.3, -0.25) is 14.9 Å². The number of nitrogens with zero attached hydrogens (tertiary/aromatic N) is 1. The smallest absolute Gasteiger partial charge is 0.321 e. The lowest BCUT2D eigenvalue weighted by Gasteiger charge is -2.06. The third-order valence-corrected chi connectivity index (χ3v) is 3.73. The van der Waals surface area contributed by atoms with Gasteiger partial charge in [-0.05, 0) is 20.3 Å². The SMILES string of the molecule is CCCNC(=O)NC(=O)COC(=O)CSCc1c(C)noc1C. The molecule has 0 bridgehead atoms. The van der Waals surface area contributed by atoms with Gasteiger partial charge in [-0.25, -0.2) is 4.79 Å². The summed E-state index contributed by atoms with van der Waals surface area (Å²) < 4.78 is 9.82. The van der Waals surface area contributed by atoms with Crippen molar-refractivity contribution < 1.29 is 23.6 Å². The predicted octanol–water partition coefficient (Wildman–Crippen LogP) is 1.30. The van der Waals surface area contributed by atoms with Gasteiger partial charge in [-0.2, -0.15) is 0 Å². The number of urea groups is 1. The van der Waals surface area contributed by atoms with E-state index in [2.05, 4.69) is 15.8 Å². The van der Waals surface area contributed by atoms with Gasteiger partial charge in [0.15, 0.2) is 6.61 Å². The maximum atomic E-state index is 11.5. The molecule has 0 aliphatic carbocycles. The van der Waals surface area contributed by atoms with E-state index in [1.165, 1.54) is 11.8 Å². The minimum atomic E-state index is -0.664. The van der Waals surface area contributed by atoms with Crippen LogP contribution in [0.2, 0.25) is 0 Å². The Balaban J connectivity index is 2.19. The Morgan fingerprint density at radius 3 is 2.65 bits per heavy atom. The van der Waals surface area contributed by atoms with E-state index in [-0.39, 0.29) is 5.75 Å². The fourth-order valence-electron chi connectivity index (χ4n) is 1.58. The molecule has 3 amide bonds. The van der Waals surface area contributed by atoms with Crippen molar-refractivity contribution in [3.63, 3.8) is 0 Å². The molecular weight excluding hydrogens is 322 g/mol. The Hall–Kier alpha value is -2.03. The molecule has 8 nitrogen and oxygen atoms in total. The first-order chi connectivity index (χ1) is 10.9. The summed E-state index contributed by atoms with van der Waals surface area (Å²) in [5.41, 5.74) is 1.74. The molecule has 0 fully saturated rings. The molecule has 23 heavy (non-hydrogen) atoms. The van der Waals surface area contributed by atoms with E-state index in [1.54, 1.807) is 0 Å². The Bertz CT molecular complexity index is 539. The standard InChI is InChI=1S/C14H21N3O5S/c1-4-5-15-14(20)16-12(18)6-21-13(19)8-23-7-11-9(2)17-22-10(11)3/h4-8H2,1-3H3,(H2,15,16,18,20). The maximum absolute atomic E-state index is 11.5. The lowest BCUT2D eigenvalue weighted by molar-refractivity contribution is -0.145. The van der Waals surface area contributed by atoms with Crippen molar-refractivity contribution in [1.29, 1.82) is 0 Å². The average molecular weight is 343 g/mol. The zero-order chi connectivity index (χ0) is 17.2. The van der Waals surface area contributed by atoms with Crippen molar-refractivity contribution in [3.8, 4) is 0 Å². The number of rotatable bonds is 8. The first kappa shape index (κ1) is 19.0. The van der Waals surface area contributed by atoms with Crippen LogP contribution in [0.15, 0.2) is 4.52 Å². The number of imide groups is 1. The Labute approximate surface area is 138 Å². The molecule has 0 aliphatic rings. The normalized spacial score (nSPS) is 10.2. The van der Waals surface area contributed by atoms with Gasteiger partial charge in [0.1, 0.15) is 5.76 Å². The topological polar surface area (TPSA) is 111 Å². The number of nitrogens with one attached hydrogen (secondary N) is 2. The molecule has 0 saturated heterocycles. The van der Waals surface area contributed by atoms with E-state index in [4.69, 9.17) is 9.26 Å². The quantitative estimate of drug-likeness (QED) is 0.685. The number of carbonyl (C=O) groups is 3. The van der Waals surface area contributed by atoms with E-state index in [9.17, 15) is 14.4 Å². The highest BCUT2D eigenvalue weighted by atomic mass is 32.2. The van der Waals surface area contributed by atoms with Crippen molar-refractivity contribution >= 4 is 29.7 Å². The number of thioether (sulfide) groups is 1. The number of amides is 3. The number of aryl methyl sites for hydroxylation is 2.